The second kappa shape index (κ2) is 15.9. The molecule has 0 aliphatic rings. The molecule has 0 saturated heterocycles. The van der Waals surface area contributed by atoms with Crippen molar-refractivity contribution in [3.05, 3.63) is 30.3 Å². The largest absolute Gasteiger partial charge is 0.508 e. The van der Waals surface area contributed by atoms with Crippen LogP contribution in [0.15, 0.2) is 30.3 Å². The normalized spacial score (nSPS) is 7.71. The third-order valence-corrected chi connectivity index (χ3v) is 1.46. The van der Waals surface area contributed by atoms with E-state index in [2.05, 4.69) is 51.1 Å². The zero-order valence-corrected chi connectivity index (χ0v) is 13.0. The number of aromatic hydroxyl groups is 1. The van der Waals surface area contributed by atoms with Crippen LogP contribution in [0.4, 0.5) is 0 Å². The van der Waals surface area contributed by atoms with Crippen LogP contribution in [-0.2, 0) is 0 Å². The van der Waals surface area contributed by atoms with E-state index in [1.54, 1.807) is 24.3 Å². The average Bonchev–Trinajstić information content (AvgIpc) is 2.24. The van der Waals surface area contributed by atoms with Gasteiger partial charge in [-0.25, -0.2) is 0 Å². The van der Waals surface area contributed by atoms with Crippen LogP contribution in [0.25, 0.3) is 0 Å². The lowest BCUT2D eigenvalue weighted by atomic mass is 10.3. The third kappa shape index (κ3) is 15.0. The summed E-state index contributed by atoms with van der Waals surface area (Å²) in [6.07, 6.45) is 4.08. The Morgan fingerprint density at radius 3 is 1.57 bits per heavy atom. The number of phenols is 1. The highest BCUT2D eigenvalue weighted by Gasteiger charge is 1.74. The van der Waals surface area contributed by atoms with Gasteiger partial charge in [0.2, 0.25) is 0 Å². The van der Waals surface area contributed by atoms with E-state index in [0.717, 1.165) is 0 Å². The third-order valence-electron chi connectivity index (χ3n) is 1.46. The molecule has 0 atom stereocenters. The number of hydrogen-bond donors (Lipinski definition) is 1. The highest BCUT2D eigenvalue weighted by molar-refractivity contribution is 15.0. The molecule has 0 aliphatic carbocycles. The Labute approximate surface area is 111 Å². The number of phenolic OH excluding ortho intramolecular Hbond substituents is 1. The molecule has 0 fully saturated rings. The molecule has 1 N–H and O–H groups in total. The maximum Gasteiger partial charge on any atom is 0.115 e. The van der Waals surface area contributed by atoms with Gasteiger partial charge in [-0.05, 0) is 12.1 Å². The van der Waals surface area contributed by atoms with Crippen molar-refractivity contribution in [2.24, 2.45) is 0 Å². The van der Waals surface area contributed by atoms with Gasteiger partial charge < -0.3 is 5.11 Å². The molecule has 1 aromatic carbocycles. The van der Waals surface area contributed by atoms with Crippen molar-refractivity contribution in [3.63, 3.8) is 0 Å². The summed E-state index contributed by atoms with van der Waals surface area (Å²) in [6.45, 7) is 4.42. The van der Waals surface area contributed by atoms with Gasteiger partial charge in [0, 0.05) is 37.2 Å². The second-order valence-electron chi connectivity index (χ2n) is 2.69. The summed E-state index contributed by atoms with van der Waals surface area (Å²) in [5.41, 5.74) is 0. The molecule has 0 unspecified atom stereocenters. The number of para-hydroxylation sites is 1. The van der Waals surface area contributed by atoms with Gasteiger partial charge in [0.25, 0.3) is 0 Å². The average molecular weight is 420 g/mol. The van der Waals surface area contributed by atoms with Crippen molar-refractivity contribution in [2.45, 2.75) is 33.1 Å². The molecule has 0 bridgehead atoms. The second-order valence-corrected chi connectivity index (χ2v) is 2.69. The van der Waals surface area contributed by atoms with Crippen molar-refractivity contribution in [1.29, 1.82) is 0 Å². The molecule has 0 aliphatic heterocycles. The van der Waals surface area contributed by atoms with Crippen LogP contribution in [0.3, 0.4) is 0 Å². The Morgan fingerprint density at radius 2 is 1.43 bits per heavy atom. The maximum atomic E-state index is 8.63. The van der Waals surface area contributed by atoms with Crippen molar-refractivity contribution >= 4 is 37.2 Å². The fraction of sp³-hybridized carbons (Fsp3) is 0.455. The standard InChI is InChI=1S/C6H6O.C5H12.I2/c7-6-4-2-1-3-5-6;1-3-5-4-2;1-2/h1-5,7H;3-5H2,1-2H3;. The smallest absolute Gasteiger partial charge is 0.115 e. The SMILES string of the molecule is CCCCC.II.Oc1ccccc1. The predicted octanol–water partition coefficient (Wildman–Crippen LogP) is 5.36. The lowest BCUT2D eigenvalue weighted by Crippen LogP contribution is -1.59. The van der Waals surface area contributed by atoms with Crippen LogP contribution >= 0.6 is 37.2 Å². The van der Waals surface area contributed by atoms with Crippen LogP contribution < -0.4 is 0 Å². The van der Waals surface area contributed by atoms with Crippen molar-refractivity contribution in [3.8, 4) is 5.75 Å². The Kier molecular flexibility index (Phi) is 19.2. The Hall–Kier alpha value is 0.480. The van der Waals surface area contributed by atoms with Crippen LogP contribution in [-0.4, -0.2) is 5.11 Å². The summed E-state index contributed by atoms with van der Waals surface area (Å²) in [7, 11) is 0. The molecule has 1 aromatic rings. The number of halogens is 2. The minimum absolute atomic E-state index is 0.322. The monoisotopic (exact) mass is 420 g/mol. The first kappa shape index (κ1) is 16.9. The van der Waals surface area contributed by atoms with Gasteiger partial charge in [-0.1, -0.05) is 51.3 Å². The van der Waals surface area contributed by atoms with Gasteiger partial charge in [-0.2, -0.15) is 0 Å². The molecular weight excluding hydrogens is 402 g/mol. The highest BCUT2D eigenvalue weighted by atomic mass is 128. The van der Waals surface area contributed by atoms with Crippen LogP contribution in [0.2, 0.25) is 0 Å². The van der Waals surface area contributed by atoms with Crippen LogP contribution in [0.5, 0.6) is 5.75 Å². The number of unbranched alkanes of at least 4 members (excludes halogenated alkanes) is 2. The Morgan fingerprint density at radius 1 is 1.00 bits per heavy atom. The number of benzene rings is 1. The maximum absolute atomic E-state index is 8.63. The minimum atomic E-state index is 0.322. The van der Waals surface area contributed by atoms with Crippen molar-refractivity contribution in [2.75, 3.05) is 0 Å². The lowest BCUT2D eigenvalue weighted by molar-refractivity contribution is 0.475. The Bertz CT molecular complexity index is 176. The summed E-state index contributed by atoms with van der Waals surface area (Å²) in [5, 5.41) is 8.63. The molecule has 0 spiro atoms. The fourth-order valence-electron chi connectivity index (χ4n) is 0.782. The molecule has 14 heavy (non-hydrogen) atoms. The summed E-state index contributed by atoms with van der Waals surface area (Å²) in [4.78, 5) is 0. The van der Waals surface area contributed by atoms with E-state index < -0.39 is 0 Å². The van der Waals surface area contributed by atoms with Crippen molar-refractivity contribution < 1.29 is 5.11 Å². The molecule has 0 amide bonds. The quantitative estimate of drug-likeness (QED) is 0.639. The molecule has 82 valence electrons. The lowest BCUT2D eigenvalue weighted by Gasteiger charge is -1.82. The number of hydrogen-bond acceptors (Lipinski definition) is 1. The fourth-order valence-corrected chi connectivity index (χ4v) is 0.782. The van der Waals surface area contributed by atoms with Gasteiger partial charge in [0.1, 0.15) is 5.75 Å². The molecule has 1 nitrogen and oxygen atoms in total. The Balaban J connectivity index is 0. The van der Waals surface area contributed by atoms with Crippen molar-refractivity contribution in [1.82, 2.24) is 0 Å². The van der Waals surface area contributed by atoms with E-state index in [4.69, 9.17) is 5.11 Å². The zero-order chi connectivity index (χ0) is 11.2. The highest BCUT2D eigenvalue weighted by Crippen LogP contribution is 2.02. The summed E-state index contributed by atoms with van der Waals surface area (Å²) in [5.74, 6) is 0.322. The van der Waals surface area contributed by atoms with Gasteiger partial charge in [0.05, 0.1) is 0 Å². The minimum Gasteiger partial charge on any atom is -0.508 e. The van der Waals surface area contributed by atoms with Gasteiger partial charge in [-0.15, -0.1) is 0 Å². The van der Waals surface area contributed by atoms with Gasteiger partial charge in [0.15, 0.2) is 0 Å². The van der Waals surface area contributed by atoms with E-state index in [9.17, 15) is 0 Å². The zero-order valence-electron chi connectivity index (χ0n) is 8.71. The molecular formula is C11H18I2O. The van der Waals surface area contributed by atoms with Crippen LogP contribution in [0.1, 0.15) is 33.1 Å². The first-order chi connectivity index (χ1) is 6.81. The summed E-state index contributed by atoms with van der Waals surface area (Å²) < 4.78 is 0. The van der Waals surface area contributed by atoms with Gasteiger partial charge in [-0.3, -0.25) is 0 Å². The van der Waals surface area contributed by atoms with E-state index in [-0.39, 0.29) is 0 Å². The van der Waals surface area contributed by atoms with Gasteiger partial charge >= 0.3 is 0 Å². The van der Waals surface area contributed by atoms with E-state index in [0.29, 0.717) is 5.75 Å². The number of rotatable bonds is 2. The molecule has 0 radical (unpaired) electrons. The first-order valence-corrected chi connectivity index (χ1v) is 11.0. The molecule has 0 saturated carbocycles. The predicted molar refractivity (Wildman–Crippen MR) is 81.3 cm³/mol. The van der Waals surface area contributed by atoms with E-state index in [1.165, 1.54) is 19.3 Å². The first-order valence-electron chi connectivity index (χ1n) is 4.69. The van der Waals surface area contributed by atoms with E-state index in [1.807, 2.05) is 6.07 Å². The molecule has 1 rings (SSSR count). The molecule has 0 aromatic heterocycles. The van der Waals surface area contributed by atoms with E-state index >= 15 is 0 Å². The molecule has 0 heterocycles. The molecule has 3 heteroatoms. The summed E-state index contributed by atoms with van der Waals surface area (Å²) in [6, 6.07) is 8.71. The topological polar surface area (TPSA) is 20.2 Å². The summed E-state index contributed by atoms with van der Waals surface area (Å²) >= 11 is 4.24. The van der Waals surface area contributed by atoms with Crippen LogP contribution in [0, 0.1) is 0 Å².